The third-order valence-corrected chi connectivity index (χ3v) is 1.78. The van der Waals surface area contributed by atoms with Gasteiger partial charge in [0.25, 0.3) is 0 Å². The fraction of sp³-hybridized carbons (Fsp3) is 0.625. The Bertz CT molecular complexity index is 124. The Labute approximate surface area is 77.4 Å². The van der Waals surface area contributed by atoms with Crippen molar-refractivity contribution in [2.45, 2.75) is 25.7 Å². The molecular formula is C8H12Cl2O. The van der Waals surface area contributed by atoms with E-state index >= 15 is 0 Å². The summed E-state index contributed by atoms with van der Waals surface area (Å²) in [4.78, 5) is 9.45. The van der Waals surface area contributed by atoms with Crippen LogP contribution < -0.4 is 0 Å². The molecule has 64 valence electrons. The van der Waals surface area contributed by atoms with E-state index in [0.29, 0.717) is 0 Å². The van der Waals surface area contributed by atoms with E-state index in [0.717, 1.165) is 0 Å². The van der Waals surface area contributed by atoms with Gasteiger partial charge in [0.15, 0.2) is 0 Å². The molecule has 0 fully saturated rings. The van der Waals surface area contributed by atoms with Gasteiger partial charge in [-0.15, -0.1) is 11.6 Å². The molecule has 0 amide bonds. The quantitative estimate of drug-likeness (QED) is 0.357. The normalized spacial score (nSPS) is 15.1. The van der Waals surface area contributed by atoms with Gasteiger partial charge in [-0.2, -0.15) is 0 Å². The average molecular weight is 195 g/mol. The Morgan fingerprint density at radius 1 is 1.27 bits per heavy atom. The molecule has 0 aromatic rings. The lowest BCUT2D eigenvalue weighted by Gasteiger charge is -1.97. The highest BCUT2D eigenvalue weighted by Crippen LogP contribution is 2.07. The fourth-order valence-electron chi connectivity index (χ4n) is 0.760. The number of allylic oxidation sites excluding steroid dienone is 2. The molecule has 1 aliphatic carbocycles. The second-order valence-corrected chi connectivity index (χ2v) is 2.93. The Balaban J connectivity index is 0.000000187. The van der Waals surface area contributed by atoms with Crippen molar-refractivity contribution in [2.75, 3.05) is 5.88 Å². The molecule has 0 aromatic heterocycles. The largest absolute Gasteiger partial charge is 0.280 e. The summed E-state index contributed by atoms with van der Waals surface area (Å²) in [6.07, 6.45) is 10.0. The zero-order valence-electron chi connectivity index (χ0n) is 6.35. The second-order valence-electron chi connectivity index (χ2n) is 2.24. The van der Waals surface area contributed by atoms with Crippen molar-refractivity contribution in [3.05, 3.63) is 12.2 Å². The zero-order chi connectivity index (χ0) is 8.53. The minimum atomic E-state index is -0.508. The minimum absolute atomic E-state index is 0.0957. The van der Waals surface area contributed by atoms with Gasteiger partial charge in [-0.3, -0.25) is 4.79 Å². The van der Waals surface area contributed by atoms with Gasteiger partial charge < -0.3 is 0 Å². The highest BCUT2D eigenvalue weighted by molar-refractivity contribution is 6.67. The summed E-state index contributed by atoms with van der Waals surface area (Å²) < 4.78 is 0. The molecule has 0 bridgehead atoms. The molecule has 0 radical (unpaired) electrons. The molecule has 0 saturated heterocycles. The molecule has 0 spiro atoms. The van der Waals surface area contributed by atoms with Crippen LogP contribution in [0, 0.1) is 0 Å². The van der Waals surface area contributed by atoms with Crippen molar-refractivity contribution in [1.29, 1.82) is 0 Å². The van der Waals surface area contributed by atoms with Crippen LogP contribution in [0.5, 0.6) is 0 Å². The van der Waals surface area contributed by atoms with Crippen LogP contribution in [-0.2, 0) is 4.79 Å². The van der Waals surface area contributed by atoms with Crippen LogP contribution in [0.2, 0.25) is 0 Å². The molecule has 0 N–H and O–H groups in total. The summed E-state index contributed by atoms with van der Waals surface area (Å²) in [6, 6.07) is 0. The van der Waals surface area contributed by atoms with Crippen molar-refractivity contribution in [3.63, 3.8) is 0 Å². The van der Waals surface area contributed by atoms with Crippen LogP contribution in [-0.4, -0.2) is 11.1 Å². The van der Waals surface area contributed by atoms with Crippen LogP contribution in [0.3, 0.4) is 0 Å². The second kappa shape index (κ2) is 8.09. The maximum Gasteiger partial charge on any atom is 0.236 e. The van der Waals surface area contributed by atoms with Gasteiger partial charge in [0, 0.05) is 0 Å². The predicted octanol–water partition coefficient (Wildman–Crippen LogP) is 3.11. The maximum atomic E-state index is 9.45. The van der Waals surface area contributed by atoms with Crippen LogP contribution in [0.4, 0.5) is 0 Å². The first-order valence-electron chi connectivity index (χ1n) is 3.66. The molecule has 0 atom stereocenters. The molecule has 0 saturated carbocycles. The Morgan fingerprint density at radius 2 is 1.64 bits per heavy atom. The molecule has 0 heterocycles. The van der Waals surface area contributed by atoms with E-state index in [1.807, 2.05) is 0 Å². The van der Waals surface area contributed by atoms with Gasteiger partial charge in [-0.1, -0.05) is 12.2 Å². The number of hydrogen-bond acceptors (Lipinski definition) is 1. The third-order valence-electron chi connectivity index (χ3n) is 1.26. The summed E-state index contributed by atoms with van der Waals surface area (Å²) in [5, 5.41) is -0.508. The van der Waals surface area contributed by atoms with Crippen LogP contribution in [0.1, 0.15) is 25.7 Å². The van der Waals surface area contributed by atoms with Crippen molar-refractivity contribution in [3.8, 4) is 0 Å². The van der Waals surface area contributed by atoms with Crippen molar-refractivity contribution >= 4 is 28.4 Å². The highest BCUT2D eigenvalue weighted by atomic mass is 35.5. The summed E-state index contributed by atoms with van der Waals surface area (Å²) in [7, 11) is 0. The summed E-state index contributed by atoms with van der Waals surface area (Å²) in [5.41, 5.74) is 0. The first-order valence-corrected chi connectivity index (χ1v) is 4.58. The first-order chi connectivity index (χ1) is 5.27. The minimum Gasteiger partial charge on any atom is -0.280 e. The predicted molar refractivity (Wildman–Crippen MR) is 49.2 cm³/mol. The standard InChI is InChI=1S/C6H10.C2H2Cl2O/c1-2-4-6-5-3-1;3-1-2(4)5/h1-2H,3-6H2;1H2. The molecule has 0 aromatic carbocycles. The lowest BCUT2D eigenvalue weighted by Crippen LogP contribution is -1.81. The van der Waals surface area contributed by atoms with Gasteiger partial charge in [0.1, 0.15) is 0 Å². The lowest BCUT2D eigenvalue weighted by molar-refractivity contribution is -0.109. The number of hydrogen-bond donors (Lipinski definition) is 0. The molecule has 0 aliphatic heterocycles. The lowest BCUT2D eigenvalue weighted by atomic mass is 10.1. The number of alkyl halides is 1. The average Bonchev–Trinajstić information content (AvgIpc) is 2.09. The smallest absolute Gasteiger partial charge is 0.236 e. The molecular weight excluding hydrogens is 183 g/mol. The number of carbonyl (C=O) groups excluding carboxylic acids is 1. The number of rotatable bonds is 1. The number of halogens is 2. The van der Waals surface area contributed by atoms with E-state index in [4.69, 9.17) is 23.2 Å². The van der Waals surface area contributed by atoms with E-state index in [9.17, 15) is 4.79 Å². The zero-order valence-corrected chi connectivity index (χ0v) is 7.87. The monoisotopic (exact) mass is 194 g/mol. The van der Waals surface area contributed by atoms with Crippen molar-refractivity contribution in [2.24, 2.45) is 0 Å². The fourth-order valence-corrected chi connectivity index (χ4v) is 0.760. The Morgan fingerprint density at radius 3 is 1.73 bits per heavy atom. The van der Waals surface area contributed by atoms with E-state index in [1.54, 1.807) is 0 Å². The molecule has 1 nitrogen and oxygen atoms in total. The van der Waals surface area contributed by atoms with Gasteiger partial charge in [-0.25, -0.2) is 0 Å². The Kier molecular flexibility index (Phi) is 8.08. The summed E-state index contributed by atoms with van der Waals surface area (Å²) in [6.45, 7) is 0. The van der Waals surface area contributed by atoms with E-state index in [2.05, 4.69) is 12.2 Å². The van der Waals surface area contributed by atoms with E-state index in [1.165, 1.54) is 25.7 Å². The van der Waals surface area contributed by atoms with Gasteiger partial charge in [0.05, 0.1) is 5.88 Å². The van der Waals surface area contributed by atoms with Crippen LogP contribution >= 0.6 is 23.2 Å². The third kappa shape index (κ3) is 9.99. The van der Waals surface area contributed by atoms with E-state index < -0.39 is 5.24 Å². The van der Waals surface area contributed by atoms with Gasteiger partial charge in [0.2, 0.25) is 5.24 Å². The molecule has 3 heteroatoms. The molecule has 1 rings (SSSR count). The summed E-state index contributed by atoms with van der Waals surface area (Å²) >= 11 is 9.55. The molecule has 11 heavy (non-hydrogen) atoms. The first kappa shape index (κ1) is 11.0. The SMILES string of the molecule is C1=CCCCC1.O=C(Cl)CCl. The van der Waals surface area contributed by atoms with Crippen molar-refractivity contribution in [1.82, 2.24) is 0 Å². The number of carbonyl (C=O) groups is 1. The van der Waals surface area contributed by atoms with E-state index in [-0.39, 0.29) is 5.88 Å². The maximum absolute atomic E-state index is 9.45. The highest BCUT2D eigenvalue weighted by Gasteiger charge is 1.87. The van der Waals surface area contributed by atoms with Crippen molar-refractivity contribution < 1.29 is 4.79 Å². The van der Waals surface area contributed by atoms with Gasteiger partial charge >= 0.3 is 0 Å². The molecule has 1 aliphatic rings. The van der Waals surface area contributed by atoms with Crippen LogP contribution in [0.25, 0.3) is 0 Å². The summed E-state index contributed by atoms with van der Waals surface area (Å²) in [5.74, 6) is -0.0957. The molecule has 0 unspecified atom stereocenters. The topological polar surface area (TPSA) is 17.1 Å². The van der Waals surface area contributed by atoms with Gasteiger partial charge in [-0.05, 0) is 37.3 Å². The van der Waals surface area contributed by atoms with Crippen LogP contribution in [0.15, 0.2) is 12.2 Å². The Hall–Kier alpha value is -0.0100.